The van der Waals surface area contributed by atoms with Crippen molar-refractivity contribution < 1.29 is 4.74 Å². The van der Waals surface area contributed by atoms with Crippen molar-refractivity contribution in [3.63, 3.8) is 0 Å². The predicted molar refractivity (Wildman–Crippen MR) is 75.1 cm³/mol. The van der Waals surface area contributed by atoms with Crippen LogP contribution < -0.4 is 5.32 Å². The highest BCUT2D eigenvalue weighted by molar-refractivity contribution is 5.07. The highest BCUT2D eigenvalue weighted by Gasteiger charge is 2.30. The van der Waals surface area contributed by atoms with Gasteiger partial charge < -0.3 is 14.6 Å². The minimum absolute atomic E-state index is 0.172. The predicted octanol–water partition coefficient (Wildman–Crippen LogP) is 2.69. The van der Waals surface area contributed by atoms with Gasteiger partial charge in [-0.15, -0.1) is 0 Å². The molecule has 4 nitrogen and oxygen atoms in total. The van der Waals surface area contributed by atoms with E-state index in [2.05, 4.69) is 28.7 Å². The van der Waals surface area contributed by atoms with Crippen molar-refractivity contribution in [3.8, 4) is 0 Å². The van der Waals surface area contributed by atoms with Crippen molar-refractivity contribution in [1.82, 2.24) is 14.9 Å². The Hall–Kier alpha value is -0.870. The molecule has 1 aromatic heterocycles. The fourth-order valence-electron chi connectivity index (χ4n) is 3.29. The molecule has 3 rings (SSSR count). The Balaban J connectivity index is 1.73. The highest BCUT2D eigenvalue weighted by Crippen LogP contribution is 2.41. The molecule has 1 saturated carbocycles. The first-order chi connectivity index (χ1) is 9.16. The Morgan fingerprint density at radius 2 is 2.16 bits per heavy atom. The third-order valence-electron chi connectivity index (χ3n) is 4.66. The first kappa shape index (κ1) is 13.1. The summed E-state index contributed by atoms with van der Waals surface area (Å²) < 4.78 is 8.24. The minimum Gasteiger partial charge on any atom is -0.369 e. The summed E-state index contributed by atoms with van der Waals surface area (Å²) in [4.78, 5) is 4.36. The van der Waals surface area contributed by atoms with Crippen molar-refractivity contribution in [3.05, 3.63) is 18.2 Å². The number of rotatable bonds is 2. The molecule has 1 saturated heterocycles. The smallest absolute Gasteiger partial charge is 0.111 e. The van der Waals surface area contributed by atoms with Gasteiger partial charge in [0.05, 0.1) is 24.8 Å². The van der Waals surface area contributed by atoms with Crippen molar-refractivity contribution in [2.45, 2.75) is 51.7 Å². The summed E-state index contributed by atoms with van der Waals surface area (Å²) in [7, 11) is 0. The second kappa shape index (κ2) is 5.25. The molecule has 0 aromatic carbocycles. The molecule has 106 valence electrons. The SMILES string of the molecule is CC1(C)CCC(n2cncc2C2CNCCO2)CC1. The van der Waals surface area contributed by atoms with Gasteiger partial charge in [-0.05, 0) is 31.1 Å². The van der Waals surface area contributed by atoms with Gasteiger partial charge >= 0.3 is 0 Å². The average Bonchev–Trinajstić information content (AvgIpc) is 2.89. The van der Waals surface area contributed by atoms with E-state index in [0.717, 1.165) is 19.7 Å². The monoisotopic (exact) mass is 263 g/mol. The third-order valence-corrected chi connectivity index (χ3v) is 4.66. The molecule has 4 heteroatoms. The van der Waals surface area contributed by atoms with Gasteiger partial charge in [0.15, 0.2) is 0 Å². The van der Waals surface area contributed by atoms with Crippen LogP contribution in [0.4, 0.5) is 0 Å². The highest BCUT2D eigenvalue weighted by atomic mass is 16.5. The molecule has 1 atom stereocenters. The quantitative estimate of drug-likeness (QED) is 0.891. The second-order valence-electron chi connectivity index (χ2n) is 6.68. The van der Waals surface area contributed by atoms with Gasteiger partial charge in [-0.1, -0.05) is 13.8 Å². The number of nitrogens with zero attached hydrogens (tertiary/aromatic N) is 2. The molecule has 1 unspecified atom stereocenters. The van der Waals surface area contributed by atoms with Crippen LogP contribution in [0.25, 0.3) is 0 Å². The second-order valence-corrected chi connectivity index (χ2v) is 6.68. The lowest BCUT2D eigenvalue weighted by Crippen LogP contribution is -2.35. The van der Waals surface area contributed by atoms with Crippen LogP contribution in [-0.2, 0) is 4.74 Å². The van der Waals surface area contributed by atoms with E-state index in [-0.39, 0.29) is 6.10 Å². The maximum atomic E-state index is 5.87. The van der Waals surface area contributed by atoms with E-state index in [0.29, 0.717) is 11.5 Å². The Morgan fingerprint density at radius 3 is 2.84 bits per heavy atom. The zero-order valence-corrected chi connectivity index (χ0v) is 12.1. The molecule has 0 bridgehead atoms. The number of morpholine rings is 1. The number of imidazole rings is 1. The van der Waals surface area contributed by atoms with Gasteiger partial charge in [-0.25, -0.2) is 4.98 Å². The third kappa shape index (κ3) is 2.84. The minimum atomic E-state index is 0.172. The number of hydrogen-bond donors (Lipinski definition) is 1. The fraction of sp³-hybridized carbons (Fsp3) is 0.800. The topological polar surface area (TPSA) is 39.1 Å². The Morgan fingerprint density at radius 1 is 1.37 bits per heavy atom. The van der Waals surface area contributed by atoms with Crippen molar-refractivity contribution in [2.75, 3.05) is 19.7 Å². The number of aromatic nitrogens is 2. The van der Waals surface area contributed by atoms with E-state index in [4.69, 9.17) is 4.74 Å². The molecule has 19 heavy (non-hydrogen) atoms. The number of nitrogens with one attached hydrogen (secondary N) is 1. The summed E-state index contributed by atoms with van der Waals surface area (Å²) in [5, 5.41) is 3.40. The summed E-state index contributed by atoms with van der Waals surface area (Å²) in [5.41, 5.74) is 1.76. The lowest BCUT2D eigenvalue weighted by molar-refractivity contribution is 0.0208. The van der Waals surface area contributed by atoms with E-state index in [1.807, 2.05) is 12.5 Å². The van der Waals surface area contributed by atoms with Gasteiger partial charge in [0, 0.05) is 19.1 Å². The van der Waals surface area contributed by atoms with Gasteiger partial charge in [0.25, 0.3) is 0 Å². The number of ether oxygens (including phenoxy) is 1. The maximum absolute atomic E-state index is 5.87. The lowest BCUT2D eigenvalue weighted by atomic mass is 9.75. The zero-order chi connectivity index (χ0) is 13.3. The molecule has 0 radical (unpaired) electrons. The molecule has 0 amide bonds. The zero-order valence-electron chi connectivity index (χ0n) is 12.1. The summed E-state index contributed by atoms with van der Waals surface area (Å²) in [6, 6.07) is 0.607. The molecule has 2 fully saturated rings. The molecular weight excluding hydrogens is 238 g/mol. The maximum Gasteiger partial charge on any atom is 0.111 e. The first-order valence-corrected chi connectivity index (χ1v) is 7.50. The lowest BCUT2D eigenvalue weighted by Gasteiger charge is -2.36. The summed E-state index contributed by atoms with van der Waals surface area (Å²) in [6.07, 6.45) is 9.28. The van der Waals surface area contributed by atoms with Crippen LogP contribution in [-0.4, -0.2) is 29.2 Å². The van der Waals surface area contributed by atoms with Gasteiger partial charge in [-0.2, -0.15) is 0 Å². The average molecular weight is 263 g/mol. The molecule has 0 spiro atoms. The molecule has 1 aliphatic carbocycles. The van der Waals surface area contributed by atoms with E-state index < -0.39 is 0 Å². The number of hydrogen-bond acceptors (Lipinski definition) is 3. The van der Waals surface area contributed by atoms with E-state index >= 15 is 0 Å². The summed E-state index contributed by atoms with van der Waals surface area (Å²) in [5.74, 6) is 0. The van der Waals surface area contributed by atoms with E-state index in [1.165, 1.54) is 31.4 Å². The summed E-state index contributed by atoms with van der Waals surface area (Å²) >= 11 is 0. The molecule has 1 N–H and O–H groups in total. The van der Waals surface area contributed by atoms with Crippen LogP contribution >= 0.6 is 0 Å². The molecule has 2 aliphatic rings. The van der Waals surface area contributed by atoms with E-state index in [1.54, 1.807) is 0 Å². The normalized spacial score (nSPS) is 28.4. The molecular formula is C15H25N3O. The molecule has 1 aliphatic heterocycles. The van der Waals surface area contributed by atoms with Crippen molar-refractivity contribution in [2.24, 2.45) is 5.41 Å². The van der Waals surface area contributed by atoms with Gasteiger partial charge in [0.2, 0.25) is 0 Å². The molecule has 1 aromatic rings. The van der Waals surface area contributed by atoms with E-state index in [9.17, 15) is 0 Å². The summed E-state index contributed by atoms with van der Waals surface area (Å²) in [6.45, 7) is 7.43. The fourth-order valence-corrected chi connectivity index (χ4v) is 3.29. The van der Waals surface area contributed by atoms with Crippen molar-refractivity contribution >= 4 is 0 Å². The molecule has 2 heterocycles. The first-order valence-electron chi connectivity index (χ1n) is 7.50. The van der Waals surface area contributed by atoms with Crippen LogP contribution in [0.15, 0.2) is 12.5 Å². The van der Waals surface area contributed by atoms with Crippen LogP contribution in [0.5, 0.6) is 0 Å². The standard InChI is InChI=1S/C15H25N3O/c1-15(2)5-3-12(4-6-15)18-11-17-9-13(18)14-10-16-7-8-19-14/h9,11-12,14,16H,3-8,10H2,1-2H3. The Bertz CT molecular complexity index is 411. The van der Waals surface area contributed by atoms with Crippen LogP contribution in [0.2, 0.25) is 0 Å². The largest absolute Gasteiger partial charge is 0.369 e. The van der Waals surface area contributed by atoms with Crippen LogP contribution in [0.3, 0.4) is 0 Å². The van der Waals surface area contributed by atoms with Crippen molar-refractivity contribution in [1.29, 1.82) is 0 Å². The van der Waals surface area contributed by atoms with Gasteiger partial charge in [0.1, 0.15) is 6.10 Å². The van der Waals surface area contributed by atoms with Crippen LogP contribution in [0.1, 0.15) is 57.4 Å². The Kier molecular flexibility index (Phi) is 3.63. The Labute approximate surface area is 115 Å². The van der Waals surface area contributed by atoms with Gasteiger partial charge in [-0.3, -0.25) is 0 Å². The van der Waals surface area contributed by atoms with Crippen LogP contribution in [0, 0.1) is 5.41 Å².